The normalized spacial score (nSPS) is 11.0. The fraction of sp³-hybridized carbons (Fsp3) is 0. The lowest BCUT2D eigenvalue weighted by atomic mass is 10.1. The van der Waals surface area contributed by atoms with Gasteiger partial charge in [-0.1, -0.05) is 17.7 Å². The summed E-state index contributed by atoms with van der Waals surface area (Å²) in [5, 5.41) is 12.9. The molecule has 4 nitrogen and oxygen atoms in total. The summed E-state index contributed by atoms with van der Waals surface area (Å²) in [6.07, 6.45) is 4.97. The summed E-state index contributed by atoms with van der Waals surface area (Å²) in [5.74, 6) is -1.68. The second-order valence-corrected chi connectivity index (χ2v) is 3.88. The van der Waals surface area contributed by atoms with E-state index in [4.69, 9.17) is 16.7 Å². The van der Waals surface area contributed by atoms with Crippen LogP contribution in [0.25, 0.3) is 11.8 Å². The Morgan fingerprint density at radius 2 is 2.28 bits per heavy atom. The number of aromatic nitrogens is 2. The minimum absolute atomic E-state index is 0.139. The smallest absolute Gasteiger partial charge is 0.328 e. The topological polar surface area (TPSA) is 55.1 Å². The molecule has 0 saturated heterocycles. The number of benzene rings is 1. The zero-order valence-corrected chi connectivity index (χ0v) is 9.80. The molecule has 0 radical (unpaired) electrons. The molecule has 1 N–H and O–H groups in total. The number of carboxylic acid groups (broad SMARTS) is 1. The first-order chi connectivity index (χ1) is 8.58. The third kappa shape index (κ3) is 2.57. The monoisotopic (exact) mass is 266 g/mol. The maximum absolute atomic E-state index is 13.7. The largest absolute Gasteiger partial charge is 0.478 e. The summed E-state index contributed by atoms with van der Waals surface area (Å²) in [5.41, 5.74) is 0.555. The molecule has 0 aliphatic heterocycles. The lowest BCUT2D eigenvalue weighted by Gasteiger charge is -2.06. The van der Waals surface area contributed by atoms with Crippen molar-refractivity contribution in [3.8, 4) is 5.69 Å². The quantitative estimate of drug-likeness (QED) is 0.869. The zero-order valence-electron chi connectivity index (χ0n) is 9.05. The molecular weight excluding hydrogens is 259 g/mol. The van der Waals surface area contributed by atoms with Gasteiger partial charge in [-0.15, -0.1) is 0 Å². The van der Waals surface area contributed by atoms with E-state index in [0.29, 0.717) is 10.7 Å². The van der Waals surface area contributed by atoms with E-state index in [2.05, 4.69) is 5.10 Å². The Kier molecular flexibility index (Phi) is 3.43. The van der Waals surface area contributed by atoms with Gasteiger partial charge in [0.1, 0.15) is 5.82 Å². The molecule has 0 aliphatic rings. The summed E-state index contributed by atoms with van der Waals surface area (Å²) >= 11 is 5.74. The Bertz CT molecular complexity index is 622. The highest BCUT2D eigenvalue weighted by Crippen LogP contribution is 2.20. The SMILES string of the molecule is O=C(O)/C=C/c1c(F)cccc1-n1cc(Cl)cn1. The minimum atomic E-state index is -1.15. The Hall–Kier alpha value is -2.14. The van der Waals surface area contributed by atoms with Crippen LogP contribution < -0.4 is 0 Å². The van der Waals surface area contributed by atoms with Crippen LogP contribution >= 0.6 is 11.6 Å². The van der Waals surface area contributed by atoms with E-state index in [-0.39, 0.29) is 5.56 Å². The molecule has 92 valence electrons. The minimum Gasteiger partial charge on any atom is -0.478 e. The van der Waals surface area contributed by atoms with Gasteiger partial charge in [0.2, 0.25) is 0 Å². The van der Waals surface area contributed by atoms with Crippen molar-refractivity contribution < 1.29 is 14.3 Å². The van der Waals surface area contributed by atoms with Crippen molar-refractivity contribution in [1.29, 1.82) is 0 Å². The molecule has 2 rings (SSSR count). The number of nitrogens with zero attached hydrogens (tertiary/aromatic N) is 2. The van der Waals surface area contributed by atoms with Gasteiger partial charge in [-0.25, -0.2) is 13.9 Å². The molecule has 1 heterocycles. The molecule has 6 heteroatoms. The predicted octanol–water partition coefficient (Wildman–Crippen LogP) is 2.76. The first-order valence-electron chi connectivity index (χ1n) is 4.98. The van der Waals surface area contributed by atoms with E-state index >= 15 is 0 Å². The average Bonchev–Trinajstić information content (AvgIpc) is 2.73. The number of hydrogen-bond donors (Lipinski definition) is 1. The van der Waals surface area contributed by atoms with Crippen molar-refractivity contribution in [1.82, 2.24) is 9.78 Å². The molecular formula is C12H8ClFN2O2. The van der Waals surface area contributed by atoms with Crippen LogP contribution in [0.4, 0.5) is 4.39 Å². The second kappa shape index (κ2) is 5.01. The van der Waals surface area contributed by atoms with E-state index in [1.807, 2.05) is 0 Å². The maximum atomic E-state index is 13.7. The van der Waals surface area contributed by atoms with Crippen LogP contribution in [0, 0.1) is 5.82 Å². The van der Waals surface area contributed by atoms with Crippen LogP contribution in [0.2, 0.25) is 5.02 Å². The van der Waals surface area contributed by atoms with Gasteiger partial charge in [-0.05, 0) is 18.2 Å². The standard InChI is InChI=1S/C12H8ClFN2O2/c13-8-6-15-16(7-8)11-3-1-2-10(14)9(11)4-5-12(17)18/h1-7H,(H,17,18)/b5-4+. The zero-order chi connectivity index (χ0) is 13.1. The van der Waals surface area contributed by atoms with E-state index in [1.54, 1.807) is 6.07 Å². The molecule has 1 aromatic heterocycles. The van der Waals surface area contributed by atoms with Gasteiger partial charge in [0, 0.05) is 17.8 Å². The molecule has 0 amide bonds. The van der Waals surface area contributed by atoms with Crippen molar-refractivity contribution >= 4 is 23.6 Å². The van der Waals surface area contributed by atoms with Crippen LogP contribution in [0.1, 0.15) is 5.56 Å². The Morgan fingerprint density at radius 1 is 1.50 bits per heavy atom. The summed E-state index contributed by atoms with van der Waals surface area (Å²) in [6.45, 7) is 0. The molecule has 2 aromatic rings. The molecule has 0 atom stereocenters. The third-order valence-electron chi connectivity index (χ3n) is 2.22. The molecule has 0 unspecified atom stereocenters. The van der Waals surface area contributed by atoms with Gasteiger partial charge in [-0.2, -0.15) is 5.10 Å². The van der Waals surface area contributed by atoms with Crippen LogP contribution in [0.15, 0.2) is 36.7 Å². The van der Waals surface area contributed by atoms with Crippen LogP contribution in [-0.4, -0.2) is 20.9 Å². The summed E-state index contributed by atoms with van der Waals surface area (Å²) < 4.78 is 15.1. The highest BCUT2D eigenvalue weighted by Gasteiger charge is 2.09. The highest BCUT2D eigenvalue weighted by molar-refractivity contribution is 6.30. The molecule has 0 spiro atoms. The van der Waals surface area contributed by atoms with Crippen molar-refractivity contribution in [2.24, 2.45) is 0 Å². The fourth-order valence-electron chi connectivity index (χ4n) is 1.48. The molecule has 0 fully saturated rings. The molecule has 0 bridgehead atoms. The van der Waals surface area contributed by atoms with Gasteiger partial charge in [0.05, 0.1) is 16.9 Å². The number of halogens is 2. The van der Waals surface area contributed by atoms with E-state index in [1.165, 1.54) is 35.3 Å². The van der Waals surface area contributed by atoms with Gasteiger partial charge >= 0.3 is 5.97 Å². The van der Waals surface area contributed by atoms with Crippen LogP contribution in [-0.2, 0) is 4.79 Å². The second-order valence-electron chi connectivity index (χ2n) is 3.45. The van der Waals surface area contributed by atoms with Crippen LogP contribution in [0.3, 0.4) is 0 Å². The van der Waals surface area contributed by atoms with Gasteiger partial charge in [0.25, 0.3) is 0 Å². The Labute approximate surface area is 107 Å². The number of aliphatic carboxylic acids is 1. The summed E-state index contributed by atoms with van der Waals surface area (Å²) in [4.78, 5) is 10.5. The average molecular weight is 267 g/mol. The Morgan fingerprint density at radius 3 is 2.89 bits per heavy atom. The predicted molar refractivity (Wildman–Crippen MR) is 65.2 cm³/mol. The fourth-order valence-corrected chi connectivity index (χ4v) is 1.61. The van der Waals surface area contributed by atoms with Crippen molar-refractivity contribution in [3.05, 3.63) is 53.1 Å². The van der Waals surface area contributed by atoms with Crippen molar-refractivity contribution in [3.63, 3.8) is 0 Å². The lowest BCUT2D eigenvalue weighted by Crippen LogP contribution is -1.99. The summed E-state index contributed by atoms with van der Waals surface area (Å²) in [6, 6.07) is 4.38. The van der Waals surface area contributed by atoms with E-state index in [0.717, 1.165) is 6.08 Å². The van der Waals surface area contributed by atoms with E-state index in [9.17, 15) is 9.18 Å². The third-order valence-corrected chi connectivity index (χ3v) is 2.42. The first-order valence-corrected chi connectivity index (χ1v) is 5.36. The van der Waals surface area contributed by atoms with Gasteiger partial charge in [-0.3, -0.25) is 0 Å². The van der Waals surface area contributed by atoms with Crippen molar-refractivity contribution in [2.45, 2.75) is 0 Å². The highest BCUT2D eigenvalue weighted by atomic mass is 35.5. The van der Waals surface area contributed by atoms with Gasteiger partial charge < -0.3 is 5.11 Å². The maximum Gasteiger partial charge on any atom is 0.328 e. The number of hydrogen-bond acceptors (Lipinski definition) is 2. The molecule has 0 saturated carbocycles. The number of rotatable bonds is 3. The van der Waals surface area contributed by atoms with Crippen molar-refractivity contribution in [2.75, 3.05) is 0 Å². The first kappa shape index (κ1) is 12.3. The number of carbonyl (C=O) groups is 1. The molecule has 18 heavy (non-hydrogen) atoms. The lowest BCUT2D eigenvalue weighted by molar-refractivity contribution is -0.131. The molecule has 1 aromatic carbocycles. The Balaban J connectivity index is 2.54. The van der Waals surface area contributed by atoms with Crippen LogP contribution in [0.5, 0.6) is 0 Å². The number of carboxylic acids is 1. The van der Waals surface area contributed by atoms with Gasteiger partial charge in [0.15, 0.2) is 0 Å². The summed E-state index contributed by atoms with van der Waals surface area (Å²) in [7, 11) is 0. The van der Waals surface area contributed by atoms with E-state index < -0.39 is 11.8 Å². The molecule has 0 aliphatic carbocycles.